The van der Waals surface area contributed by atoms with Gasteiger partial charge in [0, 0.05) is 23.0 Å². The predicted octanol–water partition coefficient (Wildman–Crippen LogP) is 3.65. The highest BCUT2D eigenvalue weighted by atomic mass is 16.6. The van der Waals surface area contributed by atoms with Gasteiger partial charge in [-0.25, -0.2) is 4.79 Å². The molecule has 0 N–H and O–H groups in total. The van der Waals surface area contributed by atoms with E-state index in [0.717, 1.165) is 29.7 Å². The molecular formula is C20H24O5. The van der Waals surface area contributed by atoms with Crippen LogP contribution in [-0.4, -0.2) is 18.0 Å². The minimum absolute atomic E-state index is 0.249. The van der Waals surface area contributed by atoms with Crippen LogP contribution in [0.15, 0.2) is 22.3 Å². The Bertz CT molecular complexity index is 773. The van der Waals surface area contributed by atoms with Crippen molar-refractivity contribution in [3.63, 3.8) is 0 Å². The number of rotatable bonds is 2. The maximum atomic E-state index is 12.8. The van der Waals surface area contributed by atoms with Crippen LogP contribution in [0.5, 0.6) is 0 Å². The second-order valence-corrected chi connectivity index (χ2v) is 7.81. The molecule has 0 unspecified atom stereocenters. The van der Waals surface area contributed by atoms with Crippen LogP contribution in [0.4, 0.5) is 0 Å². The molecule has 1 aromatic rings. The van der Waals surface area contributed by atoms with Gasteiger partial charge < -0.3 is 13.9 Å². The van der Waals surface area contributed by atoms with Crippen molar-refractivity contribution in [3.05, 3.63) is 34.8 Å². The van der Waals surface area contributed by atoms with E-state index < -0.39 is 12.0 Å². The van der Waals surface area contributed by atoms with Gasteiger partial charge in [-0.2, -0.15) is 0 Å². The molecule has 5 nitrogen and oxygen atoms in total. The van der Waals surface area contributed by atoms with Gasteiger partial charge in [0.05, 0.1) is 6.26 Å². The molecule has 0 amide bonds. The normalized spacial score (nSPS) is 36.5. The number of allylic oxidation sites excluding steroid dienone is 1. The number of hydrogen-bond acceptors (Lipinski definition) is 5. The van der Waals surface area contributed by atoms with Gasteiger partial charge in [-0.15, -0.1) is 0 Å². The SMILES string of the molecule is C/C=C(/C)C(=O)O[C@H]1CC[C@@H]2Cc3occ(C)c3[C@@H]3OC(=O)[C@@H]1[C@]23C. The summed E-state index contributed by atoms with van der Waals surface area (Å²) in [7, 11) is 0. The Morgan fingerprint density at radius 3 is 2.88 bits per heavy atom. The Labute approximate surface area is 147 Å². The van der Waals surface area contributed by atoms with E-state index in [-0.39, 0.29) is 23.5 Å². The molecule has 1 aromatic heterocycles. The summed E-state index contributed by atoms with van der Waals surface area (Å²) in [4.78, 5) is 25.0. The maximum Gasteiger partial charge on any atom is 0.333 e. The smallest absolute Gasteiger partial charge is 0.333 e. The Morgan fingerprint density at radius 1 is 1.40 bits per heavy atom. The molecule has 2 fully saturated rings. The average Bonchev–Trinajstić information content (AvgIpc) is 3.07. The Morgan fingerprint density at radius 2 is 2.16 bits per heavy atom. The lowest BCUT2D eigenvalue weighted by molar-refractivity contribution is -0.159. The molecule has 5 atom stereocenters. The van der Waals surface area contributed by atoms with E-state index in [4.69, 9.17) is 13.9 Å². The number of ether oxygens (including phenoxy) is 2. The van der Waals surface area contributed by atoms with Crippen LogP contribution < -0.4 is 0 Å². The number of fused-ring (bicyclic) bond motifs is 2. The lowest BCUT2D eigenvalue weighted by atomic mass is 9.54. The topological polar surface area (TPSA) is 65.7 Å². The van der Waals surface area contributed by atoms with Crippen LogP contribution in [0.1, 0.15) is 56.6 Å². The number of carbonyl (C=O) groups is 2. The summed E-state index contributed by atoms with van der Waals surface area (Å²) in [6.45, 7) is 7.64. The highest BCUT2D eigenvalue weighted by Gasteiger charge is 2.66. The van der Waals surface area contributed by atoms with Crippen molar-refractivity contribution in [2.75, 3.05) is 0 Å². The van der Waals surface area contributed by atoms with Crippen molar-refractivity contribution in [3.8, 4) is 0 Å². The van der Waals surface area contributed by atoms with Crippen molar-refractivity contribution in [1.82, 2.24) is 0 Å². The van der Waals surface area contributed by atoms with Crippen molar-refractivity contribution in [1.29, 1.82) is 0 Å². The van der Waals surface area contributed by atoms with E-state index >= 15 is 0 Å². The second-order valence-electron chi connectivity index (χ2n) is 7.81. The minimum Gasteiger partial charge on any atom is -0.469 e. The minimum atomic E-state index is -0.421. The third-order valence-corrected chi connectivity index (χ3v) is 6.58. The summed E-state index contributed by atoms with van der Waals surface area (Å²) in [5, 5.41) is 0. The lowest BCUT2D eigenvalue weighted by Gasteiger charge is -2.48. The second kappa shape index (κ2) is 5.48. The molecule has 0 spiro atoms. The van der Waals surface area contributed by atoms with Crippen LogP contribution >= 0.6 is 0 Å². The molecule has 25 heavy (non-hydrogen) atoms. The summed E-state index contributed by atoms with van der Waals surface area (Å²) in [5.74, 6) is 0.235. The molecule has 0 bridgehead atoms. The molecule has 1 saturated carbocycles. The first kappa shape index (κ1) is 16.4. The number of hydrogen-bond donors (Lipinski definition) is 0. The molecule has 134 valence electrons. The highest BCUT2D eigenvalue weighted by Crippen LogP contribution is 2.63. The Hall–Kier alpha value is -2.04. The standard InChI is InChI=1S/C20H24O5/c1-5-10(2)18(21)24-13-7-6-12-8-14-15(11(3)9-23-14)17-20(12,4)16(13)19(22)25-17/h5,9,12-13,16-17H,6-8H2,1-4H3/b10-5-/t12-,13+,16-,17+,20+/m1/s1. The zero-order valence-electron chi connectivity index (χ0n) is 15.1. The van der Waals surface area contributed by atoms with E-state index in [1.165, 1.54) is 0 Å². The van der Waals surface area contributed by atoms with E-state index in [9.17, 15) is 9.59 Å². The third kappa shape index (κ3) is 2.14. The van der Waals surface area contributed by atoms with Gasteiger partial charge in [-0.05, 0) is 45.1 Å². The summed E-state index contributed by atoms with van der Waals surface area (Å²) < 4.78 is 17.3. The first-order valence-electron chi connectivity index (χ1n) is 8.99. The van der Waals surface area contributed by atoms with Crippen molar-refractivity contribution in [2.24, 2.45) is 17.3 Å². The highest BCUT2D eigenvalue weighted by molar-refractivity contribution is 5.88. The number of furan rings is 1. The van der Waals surface area contributed by atoms with Crippen molar-refractivity contribution >= 4 is 11.9 Å². The molecule has 1 saturated heterocycles. The average molecular weight is 344 g/mol. The molecule has 3 aliphatic rings. The van der Waals surface area contributed by atoms with Crippen LogP contribution in [0.3, 0.4) is 0 Å². The van der Waals surface area contributed by atoms with Gasteiger partial charge >= 0.3 is 11.9 Å². The molecule has 2 aliphatic carbocycles. The van der Waals surface area contributed by atoms with Crippen LogP contribution in [0.2, 0.25) is 0 Å². The first-order chi connectivity index (χ1) is 11.9. The quantitative estimate of drug-likeness (QED) is 0.605. The van der Waals surface area contributed by atoms with Gasteiger partial charge in [0.1, 0.15) is 23.9 Å². The first-order valence-corrected chi connectivity index (χ1v) is 8.99. The van der Waals surface area contributed by atoms with Gasteiger partial charge in [0.25, 0.3) is 0 Å². The molecule has 0 radical (unpaired) electrons. The van der Waals surface area contributed by atoms with Crippen LogP contribution in [0.25, 0.3) is 0 Å². The van der Waals surface area contributed by atoms with E-state index in [2.05, 4.69) is 6.92 Å². The van der Waals surface area contributed by atoms with E-state index in [0.29, 0.717) is 17.9 Å². The fraction of sp³-hybridized carbons (Fsp3) is 0.600. The van der Waals surface area contributed by atoms with Gasteiger partial charge in [-0.3, -0.25) is 4.79 Å². The zero-order chi connectivity index (χ0) is 17.9. The van der Waals surface area contributed by atoms with Gasteiger partial charge in [0.2, 0.25) is 0 Å². The predicted molar refractivity (Wildman–Crippen MR) is 89.6 cm³/mol. The number of carbonyl (C=O) groups excluding carboxylic acids is 2. The van der Waals surface area contributed by atoms with Crippen LogP contribution in [-0.2, 0) is 25.5 Å². The molecule has 2 heterocycles. The summed E-state index contributed by atoms with van der Waals surface area (Å²) in [6.07, 6.45) is 5.15. The largest absolute Gasteiger partial charge is 0.469 e. The van der Waals surface area contributed by atoms with E-state index in [1.54, 1.807) is 26.2 Å². The maximum absolute atomic E-state index is 12.8. The molecule has 4 rings (SSSR count). The van der Waals surface area contributed by atoms with Crippen molar-refractivity contribution < 1.29 is 23.5 Å². The van der Waals surface area contributed by atoms with Gasteiger partial charge in [-0.1, -0.05) is 13.0 Å². The summed E-state index contributed by atoms with van der Waals surface area (Å²) >= 11 is 0. The lowest BCUT2D eigenvalue weighted by Crippen LogP contribution is -2.51. The number of esters is 2. The Kier molecular flexibility index (Phi) is 3.60. The molecule has 0 aromatic carbocycles. The van der Waals surface area contributed by atoms with Crippen molar-refractivity contribution in [2.45, 2.75) is 59.2 Å². The Balaban J connectivity index is 1.71. The molecule has 5 heteroatoms. The monoisotopic (exact) mass is 344 g/mol. The fourth-order valence-electron chi connectivity index (χ4n) is 5.01. The fourth-order valence-corrected chi connectivity index (χ4v) is 5.01. The molecule has 1 aliphatic heterocycles. The number of aryl methyl sites for hydroxylation is 1. The van der Waals surface area contributed by atoms with Crippen LogP contribution in [0, 0.1) is 24.2 Å². The third-order valence-electron chi connectivity index (χ3n) is 6.58. The van der Waals surface area contributed by atoms with Gasteiger partial charge in [0.15, 0.2) is 0 Å². The van der Waals surface area contributed by atoms with E-state index in [1.807, 2.05) is 6.92 Å². The zero-order valence-corrected chi connectivity index (χ0v) is 15.1. The summed E-state index contributed by atoms with van der Waals surface area (Å²) in [5.41, 5.74) is 2.25. The molecular weight excluding hydrogens is 320 g/mol. The summed E-state index contributed by atoms with van der Waals surface area (Å²) in [6, 6.07) is 0.